The molecule has 1 spiro atoms. The van der Waals surface area contributed by atoms with Crippen LogP contribution in [0.2, 0.25) is 10.0 Å². The SMILES string of the molecule is COc1cccc(C(=O)C2C(c3ccc(Cl)cc3Cl)C3(C(=O)c4ccccc4C3=O)C3C=Cc4cc(C)ccc4N23)c1. The predicted octanol–water partition coefficient (Wildman–Crippen LogP) is 7.63. The third-order valence-electron chi connectivity index (χ3n) is 8.88. The summed E-state index contributed by atoms with van der Waals surface area (Å²) < 4.78 is 5.44. The third kappa shape index (κ3) is 3.60. The maximum Gasteiger partial charge on any atom is 0.186 e. The monoisotopic (exact) mass is 593 g/mol. The molecule has 3 unspecified atom stereocenters. The molecule has 0 bridgehead atoms. The van der Waals surface area contributed by atoms with Gasteiger partial charge in [-0.3, -0.25) is 14.4 Å². The van der Waals surface area contributed by atoms with Gasteiger partial charge in [0.1, 0.15) is 17.2 Å². The van der Waals surface area contributed by atoms with Gasteiger partial charge in [-0.1, -0.05) is 89.4 Å². The van der Waals surface area contributed by atoms with Crippen molar-refractivity contribution in [2.45, 2.75) is 24.9 Å². The number of ketones is 3. The first-order valence-corrected chi connectivity index (χ1v) is 14.4. The number of benzene rings is 4. The van der Waals surface area contributed by atoms with Gasteiger partial charge >= 0.3 is 0 Å². The highest BCUT2D eigenvalue weighted by molar-refractivity contribution is 6.36. The summed E-state index contributed by atoms with van der Waals surface area (Å²) in [5, 5.41) is 0.706. The number of hydrogen-bond acceptors (Lipinski definition) is 5. The maximum absolute atomic E-state index is 14.8. The number of ether oxygens (including phenoxy) is 1. The molecule has 3 atom stereocenters. The average Bonchev–Trinajstić information content (AvgIpc) is 3.42. The average molecular weight is 594 g/mol. The van der Waals surface area contributed by atoms with Crippen molar-refractivity contribution < 1.29 is 19.1 Å². The molecular formula is C35H25Cl2NO4. The Hall–Kier alpha value is -4.19. The fraction of sp³-hybridized carbons (Fsp3) is 0.171. The highest BCUT2D eigenvalue weighted by atomic mass is 35.5. The lowest BCUT2D eigenvalue weighted by Gasteiger charge is -2.37. The highest BCUT2D eigenvalue weighted by Gasteiger charge is 2.71. The first-order chi connectivity index (χ1) is 20.3. The van der Waals surface area contributed by atoms with Gasteiger partial charge < -0.3 is 9.64 Å². The van der Waals surface area contributed by atoms with Gasteiger partial charge in [0.15, 0.2) is 17.3 Å². The van der Waals surface area contributed by atoms with E-state index < -0.39 is 23.4 Å². The van der Waals surface area contributed by atoms with Crippen LogP contribution in [0.5, 0.6) is 5.75 Å². The Morgan fingerprint density at radius 2 is 1.62 bits per heavy atom. The van der Waals surface area contributed by atoms with Gasteiger partial charge in [0.2, 0.25) is 0 Å². The first kappa shape index (κ1) is 26.7. The molecule has 0 radical (unpaired) electrons. The van der Waals surface area contributed by atoms with Crippen LogP contribution in [0.3, 0.4) is 0 Å². The Morgan fingerprint density at radius 1 is 0.881 bits per heavy atom. The Morgan fingerprint density at radius 3 is 2.31 bits per heavy atom. The second-order valence-electron chi connectivity index (χ2n) is 11.0. The lowest BCUT2D eigenvalue weighted by atomic mass is 9.64. The Labute approximate surface area is 253 Å². The second-order valence-corrected chi connectivity index (χ2v) is 11.9. The molecule has 4 aromatic carbocycles. The Balaban J connectivity index is 1.56. The van der Waals surface area contributed by atoms with Crippen molar-refractivity contribution in [1.29, 1.82) is 0 Å². The minimum Gasteiger partial charge on any atom is -0.497 e. The number of hydrogen-bond donors (Lipinski definition) is 0. The Bertz CT molecular complexity index is 1830. The normalized spacial score (nSPS) is 21.3. The lowest BCUT2D eigenvalue weighted by molar-refractivity contribution is 0.0666. The van der Waals surface area contributed by atoms with E-state index >= 15 is 0 Å². The number of halogens is 2. The van der Waals surface area contributed by atoms with Gasteiger partial charge in [0, 0.05) is 38.3 Å². The van der Waals surface area contributed by atoms with E-state index in [2.05, 4.69) is 0 Å². The molecule has 1 fully saturated rings. The summed E-state index contributed by atoms with van der Waals surface area (Å²) in [4.78, 5) is 46.3. The molecule has 1 saturated heterocycles. The van der Waals surface area contributed by atoms with Crippen molar-refractivity contribution in [2.75, 3.05) is 12.0 Å². The summed E-state index contributed by atoms with van der Waals surface area (Å²) >= 11 is 13.2. The van der Waals surface area contributed by atoms with Crippen LogP contribution in [0.15, 0.2) is 91.0 Å². The van der Waals surface area contributed by atoms with E-state index in [1.165, 1.54) is 0 Å². The molecule has 4 aromatic rings. The van der Waals surface area contributed by atoms with Crippen molar-refractivity contribution in [3.05, 3.63) is 134 Å². The molecule has 0 aromatic heterocycles. The molecule has 208 valence electrons. The van der Waals surface area contributed by atoms with Crippen LogP contribution in [0.1, 0.15) is 53.7 Å². The van der Waals surface area contributed by atoms with Gasteiger partial charge in [-0.05, 0) is 54.4 Å². The van der Waals surface area contributed by atoms with Gasteiger partial charge in [0.05, 0.1) is 13.2 Å². The zero-order chi connectivity index (χ0) is 29.3. The summed E-state index contributed by atoms with van der Waals surface area (Å²) in [7, 11) is 1.54. The quantitative estimate of drug-likeness (QED) is 0.180. The highest BCUT2D eigenvalue weighted by Crippen LogP contribution is 2.61. The number of fused-ring (bicyclic) bond motifs is 5. The fourth-order valence-electron chi connectivity index (χ4n) is 7.14. The third-order valence-corrected chi connectivity index (χ3v) is 9.44. The van der Waals surface area contributed by atoms with Crippen LogP contribution < -0.4 is 9.64 Å². The number of methoxy groups -OCH3 is 1. The summed E-state index contributed by atoms with van der Waals surface area (Å²) in [5.41, 5.74) is 2.74. The number of nitrogens with zero attached hydrogens (tertiary/aromatic N) is 1. The zero-order valence-electron chi connectivity index (χ0n) is 22.8. The molecule has 0 saturated carbocycles. The van der Waals surface area contributed by atoms with Crippen molar-refractivity contribution in [3.8, 4) is 5.75 Å². The van der Waals surface area contributed by atoms with E-state index in [1.807, 2.05) is 42.2 Å². The van der Waals surface area contributed by atoms with Crippen molar-refractivity contribution in [2.24, 2.45) is 5.41 Å². The van der Waals surface area contributed by atoms with E-state index in [4.69, 9.17) is 27.9 Å². The van der Waals surface area contributed by atoms with E-state index in [9.17, 15) is 14.4 Å². The van der Waals surface area contributed by atoms with Crippen LogP contribution in [0.4, 0.5) is 5.69 Å². The predicted molar refractivity (Wildman–Crippen MR) is 164 cm³/mol. The van der Waals surface area contributed by atoms with Crippen LogP contribution in [-0.2, 0) is 0 Å². The first-order valence-electron chi connectivity index (χ1n) is 13.7. The molecule has 42 heavy (non-hydrogen) atoms. The van der Waals surface area contributed by atoms with Gasteiger partial charge in [-0.2, -0.15) is 0 Å². The van der Waals surface area contributed by atoms with E-state index in [-0.39, 0.29) is 17.3 Å². The van der Waals surface area contributed by atoms with Gasteiger partial charge in [-0.25, -0.2) is 0 Å². The van der Waals surface area contributed by atoms with Crippen LogP contribution in [0.25, 0.3) is 6.08 Å². The largest absolute Gasteiger partial charge is 0.497 e. The molecule has 7 rings (SSSR count). The molecule has 2 aliphatic heterocycles. The number of Topliss-reactive ketones (excluding diaryl/α,β-unsaturated/α-hetero) is 3. The topological polar surface area (TPSA) is 63.7 Å². The van der Waals surface area contributed by atoms with E-state index in [0.717, 1.165) is 16.8 Å². The minimum absolute atomic E-state index is 0.245. The maximum atomic E-state index is 14.8. The minimum atomic E-state index is -1.64. The molecule has 5 nitrogen and oxygen atoms in total. The fourth-order valence-corrected chi connectivity index (χ4v) is 7.67. The van der Waals surface area contributed by atoms with E-state index in [1.54, 1.807) is 73.8 Å². The molecule has 0 N–H and O–H groups in total. The summed E-state index contributed by atoms with van der Waals surface area (Å²) in [5.74, 6) is -1.26. The summed E-state index contributed by atoms with van der Waals surface area (Å²) in [6.07, 6.45) is 3.85. The molecular weight excluding hydrogens is 569 g/mol. The van der Waals surface area contributed by atoms with Gasteiger partial charge in [0.25, 0.3) is 0 Å². The van der Waals surface area contributed by atoms with Crippen LogP contribution in [-0.4, -0.2) is 36.5 Å². The molecule has 2 heterocycles. The zero-order valence-corrected chi connectivity index (χ0v) is 24.3. The lowest BCUT2D eigenvalue weighted by Crippen LogP contribution is -2.48. The molecule has 0 amide bonds. The number of carbonyl (C=O) groups excluding carboxylic acids is 3. The number of aryl methyl sites for hydroxylation is 1. The number of anilines is 1. The van der Waals surface area contributed by atoms with Crippen LogP contribution >= 0.6 is 23.2 Å². The van der Waals surface area contributed by atoms with Crippen LogP contribution in [0, 0.1) is 12.3 Å². The standard InChI is InChI=1S/C35H25Cl2NO4/c1-19-10-14-28-20(16-19)11-15-29-35(33(40)24-8-3-4-9-25(24)34(35)41)30(26-13-12-22(36)18-27(26)37)31(38(28)29)32(39)21-6-5-7-23(17-21)42-2/h3-18,29-31H,1-2H3. The smallest absolute Gasteiger partial charge is 0.186 e. The van der Waals surface area contributed by atoms with Crippen molar-refractivity contribution in [1.82, 2.24) is 0 Å². The number of rotatable bonds is 4. The Kier molecular flexibility index (Phi) is 6.16. The summed E-state index contributed by atoms with van der Waals surface area (Å²) in [6.45, 7) is 2.00. The molecule has 3 aliphatic rings. The van der Waals surface area contributed by atoms with Gasteiger partial charge in [-0.15, -0.1) is 0 Å². The van der Waals surface area contributed by atoms with Crippen molar-refractivity contribution in [3.63, 3.8) is 0 Å². The van der Waals surface area contributed by atoms with E-state index in [0.29, 0.717) is 38.0 Å². The van der Waals surface area contributed by atoms with Crippen molar-refractivity contribution >= 4 is 52.3 Å². The number of carbonyl (C=O) groups is 3. The summed E-state index contributed by atoms with van der Waals surface area (Å²) in [6, 6.07) is 23.2. The second kappa shape index (κ2) is 9.69. The molecule has 7 heteroatoms. The molecule has 1 aliphatic carbocycles.